The van der Waals surface area contributed by atoms with E-state index >= 15 is 0 Å². The summed E-state index contributed by atoms with van der Waals surface area (Å²) in [5.41, 5.74) is 3.29. The van der Waals surface area contributed by atoms with Crippen molar-refractivity contribution in [3.63, 3.8) is 0 Å². The van der Waals surface area contributed by atoms with Gasteiger partial charge in [0.25, 0.3) is 0 Å². The number of anilines is 1. The monoisotopic (exact) mass is 400 g/mol. The van der Waals surface area contributed by atoms with Crippen LogP contribution < -0.4 is 9.64 Å². The third kappa shape index (κ3) is 4.34. The number of ether oxygens (including phenoxy) is 1. The Morgan fingerprint density at radius 3 is 2.50 bits per heavy atom. The van der Waals surface area contributed by atoms with Crippen LogP contribution in [0.5, 0.6) is 5.75 Å². The molecule has 4 nitrogen and oxygen atoms in total. The van der Waals surface area contributed by atoms with E-state index in [1.807, 2.05) is 49.3 Å². The Balaban J connectivity index is 2.04. The third-order valence-corrected chi connectivity index (χ3v) is 5.83. The number of halogens is 1. The van der Waals surface area contributed by atoms with Crippen molar-refractivity contribution in [3.05, 3.63) is 58.6 Å². The Labute approximate surface area is 173 Å². The summed E-state index contributed by atoms with van der Waals surface area (Å²) >= 11 is 6.32. The predicted molar refractivity (Wildman–Crippen MR) is 116 cm³/mol. The van der Waals surface area contributed by atoms with Crippen molar-refractivity contribution in [3.8, 4) is 5.75 Å². The molecule has 1 aliphatic rings. The molecule has 28 heavy (non-hydrogen) atoms. The zero-order valence-electron chi connectivity index (χ0n) is 17.1. The number of carbonyl (C=O) groups excluding carboxylic acids is 1. The molecule has 0 aromatic heterocycles. The van der Waals surface area contributed by atoms with Gasteiger partial charge < -0.3 is 14.5 Å². The molecule has 0 saturated heterocycles. The fourth-order valence-corrected chi connectivity index (χ4v) is 4.24. The molecule has 0 aliphatic carbocycles. The van der Waals surface area contributed by atoms with E-state index < -0.39 is 0 Å². The summed E-state index contributed by atoms with van der Waals surface area (Å²) in [5.74, 6) is 1.07. The lowest BCUT2D eigenvalue weighted by Crippen LogP contribution is -2.41. The second-order valence-electron chi connectivity index (χ2n) is 7.66. The molecule has 3 rings (SSSR count). The first-order chi connectivity index (χ1) is 13.4. The number of fused-ring (bicyclic) bond motifs is 1. The number of carbonyl (C=O) groups is 1. The van der Waals surface area contributed by atoms with E-state index in [4.69, 9.17) is 16.3 Å². The summed E-state index contributed by atoms with van der Waals surface area (Å²) in [7, 11) is 5.73. The molecule has 5 heteroatoms. The van der Waals surface area contributed by atoms with Crippen LogP contribution in [-0.4, -0.2) is 45.1 Å². The first-order valence-electron chi connectivity index (χ1n) is 9.83. The summed E-state index contributed by atoms with van der Waals surface area (Å²) in [4.78, 5) is 17.7. The molecular weight excluding hydrogens is 372 g/mol. The molecule has 1 amide bonds. The number of benzene rings is 2. The fraction of sp³-hybridized carbons (Fsp3) is 0.435. The van der Waals surface area contributed by atoms with Crippen LogP contribution in [0.1, 0.15) is 30.4 Å². The van der Waals surface area contributed by atoms with Gasteiger partial charge in [0.15, 0.2) is 0 Å². The van der Waals surface area contributed by atoms with Crippen molar-refractivity contribution >= 4 is 23.2 Å². The summed E-state index contributed by atoms with van der Waals surface area (Å²) in [6.07, 6.45) is 1.60. The number of methoxy groups -OCH3 is 1. The molecule has 0 fully saturated rings. The summed E-state index contributed by atoms with van der Waals surface area (Å²) < 4.78 is 5.30. The van der Waals surface area contributed by atoms with Gasteiger partial charge in [-0.15, -0.1) is 0 Å². The first-order valence-corrected chi connectivity index (χ1v) is 10.2. The van der Waals surface area contributed by atoms with Crippen LogP contribution in [0.15, 0.2) is 42.5 Å². The lowest BCUT2D eigenvalue weighted by Gasteiger charge is -2.29. The van der Waals surface area contributed by atoms with E-state index in [-0.39, 0.29) is 17.7 Å². The van der Waals surface area contributed by atoms with Gasteiger partial charge >= 0.3 is 0 Å². The number of hydrogen-bond donors (Lipinski definition) is 0. The topological polar surface area (TPSA) is 32.8 Å². The van der Waals surface area contributed by atoms with Crippen molar-refractivity contribution in [2.75, 3.05) is 39.2 Å². The van der Waals surface area contributed by atoms with Gasteiger partial charge in [0.2, 0.25) is 5.91 Å². The summed E-state index contributed by atoms with van der Waals surface area (Å²) in [5, 5.41) is 0.710. The third-order valence-electron chi connectivity index (χ3n) is 5.60. The van der Waals surface area contributed by atoms with E-state index in [0.717, 1.165) is 36.4 Å². The Bertz CT molecular complexity index is 820. The van der Waals surface area contributed by atoms with Gasteiger partial charge in [0, 0.05) is 29.7 Å². The molecule has 1 heterocycles. The van der Waals surface area contributed by atoms with Crippen molar-refractivity contribution in [1.82, 2.24) is 4.90 Å². The van der Waals surface area contributed by atoms with Crippen molar-refractivity contribution in [2.24, 2.45) is 5.92 Å². The largest absolute Gasteiger partial charge is 0.497 e. The highest BCUT2D eigenvalue weighted by atomic mass is 35.5. The van der Waals surface area contributed by atoms with Gasteiger partial charge in [-0.1, -0.05) is 30.7 Å². The van der Waals surface area contributed by atoms with Gasteiger partial charge in [-0.05, 0) is 74.3 Å². The molecule has 0 saturated carbocycles. The smallest absolute Gasteiger partial charge is 0.230 e. The van der Waals surface area contributed by atoms with Crippen molar-refractivity contribution in [2.45, 2.75) is 25.7 Å². The van der Waals surface area contributed by atoms with Gasteiger partial charge in [-0.25, -0.2) is 0 Å². The molecular formula is C23H29ClN2O2. The van der Waals surface area contributed by atoms with Crippen LogP contribution in [0, 0.1) is 5.92 Å². The van der Waals surface area contributed by atoms with Crippen LogP contribution >= 0.6 is 11.6 Å². The maximum Gasteiger partial charge on any atom is 0.230 e. The minimum atomic E-state index is -0.0678. The Morgan fingerprint density at radius 1 is 1.18 bits per heavy atom. The predicted octanol–water partition coefficient (Wildman–Crippen LogP) is 4.61. The lowest BCUT2D eigenvalue weighted by molar-refractivity contribution is -0.123. The number of nitrogens with zero attached hydrogens (tertiary/aromatic N) is 2. The SMILES string of the molecule is CC[C@H]1C(=O)N(CCN(C)C)c2ccc(Cl)cc2C[C@H]1c1ccc(OC)cc1. The molecule has 0 radical (unpaired) electrons. The average Bonchev–Trinajstić information content (AvgIpc) is 2.80. The van der Waals surface area contributed by atoms with Gasteiger partial charge in [-0.2, -0.15) is 0 Å². The Hall–Kier alpha value is -2.04. The minimum Gasteiger partial charge on any atom is -0.497 e. The molecule has 0 spiro atoms. The van der Waals surface area contributed by atoms with Gasteiger partial charge in [0.1, 0.15) is 5.75 Å². The summed E-state index contributed by atoms with van der Waals surface area (Å²) in [6, 6.07) is 14.0. The maximum atomic E-state index is 13.6. The first kappa shape index (κ1) is 20.7. The van der Waals surface area contributed by atoms with Crippen LogP contribution in [0.3, 0.4) is 0 Å². The zero-order valence-corrected chi connectivity index (χ0v) is 17.9. The van der Waals surface area contributed by atoms with E-state index in [1.165, 1.54) is 5.56 Å². The number of hydrogen-bond acceptors (Lipinski definition) is 3. The normalized spacial score (nSPS) is 19.5. The van der Waals surface area contributed by atoms with Crippen LogP contribution in [0.2, 0.25) is 5.02 Å². The molecule has 2 aromatic rings. The highest BCUT2D eigenvalue weighted by Crippen LogP contribution is 2.40. The standard InChI is InChI=1S/C23H29ClN2O2/c1-5-20-21(16-6-9-19(28-4)10-7-16)15-17-14-18(24)8-11-22(17)26(23(20)27)13-12-25(2)3/h6-11,14,20-21H,5,12-13,15H2,1-4H3/t20-,21+/m1/s1. The highest BCUT2D eigenvalue weighted by Gasteiger charge is 2.36. The van der Waals surface area contributed by atoms with Gasteiger partial charge in [-0.3, -0.25) is 4.79 Å². The van der Waals surface area contributed by atoms with Crippen LogP contribution in [0.25, 0.3) is 0 Å². The Kier molecular flexibility index (Phi) is 6.63. The van der Waals surface area contributed by atoms with E-state index in [0.29, 0.717) is 11.6 Å². The van der Waals surface area contributed by atoms with Crippen molar-refractivity contribution in [1.29, 1.82) is 0 Å². The van der Waals surface area contributed by atoms with Crippen molar-refractivity contribution < 1.29 is 9.53 Å². The van der Waals surface area contributed by atoms with Crippen LogP contribution in [0.4, 0.5) is 5.69 Å². The van der Waals surface area contributed by atoms with E-state index in [1.54, 1.807) is 7.11 Å². The van der Waals surface area contributed by atoms with E-state index in [9.17, 15) is 4.79 Å². The maximum absolute atomic E-state index is 13.6. The molecule has 150 valence electrons. The molecule has 2 atom stereocenters. The lowest BCUT2D eigenvalue weighted by atomic mass is 9.80. The molecule has 0 bridgehead atoms. The second kappa shape index (κ2) is 8.97. The number of amides is 1. The molecule has 1 aliphatic heterocycles. The number of rotatable bonds is 6. The minimum absolute atomic E-state index is 0.0678. The number of likely N-dealkylation sites (N-methyl/N-ethyl adjacent to an activating group) is 1. The molecule has 2 aromatic carbocycles. The van der Waals surface area contributed by atoms with E-state index in [2.05, 4.69) is 24.0 Å². The quantitative estimate of drug-likeness (QED) is 0.709. The second-order valence-corrected chi connectivity index (χ2v) is 8.10. The molecule has 0 unspecified atom stereocenters. The van der Waals surface area contributed by atoms with Crippen LogP contribution in [-0.2, 0) is 11.2 Å². The average molecular weight is 401 g/mol. The summed E-state index contributed by atoms with van der Waals surface area (Å²) in [6.45, 7) is 3.59. The molecule has 0 N–H and O–H groups in total. The van der Waals surface area contributed by atoms with Gasteiger partial charge in [0.05, 0.1) is 7.11 Å². The zero-order chi connectivity index (χ0) is 20.3. The fourth-order valence-electron chi connectivity index (χ4n) is 4.04. The highest BCUT2D eigenvalue weighted by molar-refractivity contribution is 6.30. The Morgan fingerprint density at radius 2 is 1.89 bits per heavy atom.